The molecule has 0 saturated heterocycles. The van der Waals surface area contributed by atoms with Gasteiger partial charge in [0.15, 0.2) is 0 Å². The Labute approximate surface area is 83.0 Å². The summed E-state index contributed by atoms with van der Waals surface area (Å²) in [5, 5.41) is 0. The first-order valence-corrected chi connectivity index (χ1v) is 4.53. The fraction of sp³-hybridized carbons (Fsp3) is 0.300. The van der Waals surface area contributed by atoms with Gasteiger partial charge in [-0.25, -0.2) is 4.99 Å². The number of ether oxygens (including phenoxy) is 1. The first kappa shape index (κ1) is 9.02. The third kappa shape index (κ3) is 1.85. The summed E-state index contributed by atoms with van der Waals surface area (Å²) in [7, 11) is 1.91. The van der Waals surface area contributed by atoms with Gasteiger partial charge in [-0.15, -0.1) is 0 Å². The lowest BCUT2D eigenvalue weighted by atomic mass is 10.3. The highest BCUT2D eigenvalue weighted by Crippen LogP contribution is 2.12. The van der Waals surface area contributed by atoms with Crippen LogP contribution in [-0.2, 0) is 0 Å². The quantitative estimate of drug-likeness (QED) is 0.709. The minimum Gasteiger partial charge on any atom is -0.426 e. The number of para-hydroxylation sites is 1. The fourth-order valence-electron chi connectivity index (χ4n) is 1.34. The number of benzene rings is 1. The average Bonchev–Trinajstić information content (AvgIpc) is 2.47. The molecule has 1 aromatic carbocycles. The minimum atomic E-state index is -0.168. The number of nitrogens with two attached hydrogens (primary N) is 1. The normalized spacial score (nSPS) is 20.9. The van der Waals surface area contributed by atoms with Gasteiger partial charge in [0.2, 0.25) is 0 Å². The summed E-state index contributed by atoms with van der Waals surface area (Å²) in [5.74, 6) is 0.784. The van der Waals surface area contributed by atoms with Crippen molar-refractivity contribution in [3.63, 3.8) is 0 Å². The monoisotopic (exact) mass is 191 g/mol. The van der Waals surface area contributed by atoms with Gasteiger partial charge in [0.25, 0.3) is 6.02 Å². The van der Waals surface area contributed by atoms with Crippen molar-refractivity contribution in [2.75, 3.05) is 13.6 Å². The van der Waals surface area contributed by atoms with Crippen molar-refractivity contribution in [3.05, 3.63) is 30.3 Å². The molecule has 0 amide bonds. The van der Waals surface area contributed by atoms with Gasteiger partial charge in [-0.05, 0) is 12.1 Å². The molecule has 0 aromatic heterocycles. The van der Waals surface area contributed by atoms with Crippen molar-refractivity contribution in [1.29, 1.82) is 0 Å². The van der Waals surface area contributed by atoms with Crippen LogP contribution in [0.3, 0.4) is 0 Å². The van der Waals surface area contributed by atoms with Gasteiger partial charge in [-0.1, -0.05) is 18.2 Å². The molecule has 1 atom stereocenters. The maximum atomic E-state index is 5.66. The summed E-state index contributed by atoms with van der Waals surface area (Å²) < 4.78 is 5.55. The zero-order chi connectivity index (χ0) is 9.97. The Balaban J connectivity index is 2.08. The highest BCUT2D eigenvalue weighted by molar-refractivity contribution is 5.77. The van der Waals surface area contributed by atoms with Gasteiger partial charge in [-0.3, -0.25) is 0 Å². The molecule has 0 bridgehead atoms. The molecular formula is C10H13N3O. The molecule has 0 fully saturated rings. The Hall–Kier alpha value is -1.55. The van der Waals surface area contributed by atoms with E-state index in [0.717, 1.165) is 5.75 Å². The molecule has 1 aromatic rings. The first-order valence-electron chi connectivity index (χ1n) is 4.53. The Kier molecular flexibility index (Phi) is 2.37. The van der Waals surface area contributed by atoms with Gasteiger partial charge in [-0.2, -0.15) is 0 Å². The number of hydrogen-bond acceptors (Lipinski definition) is 4. The summed E-state index contributed by atoms with van der Waals surface area (Å²) in [6.45, 7) is 0.710. The third-order valence-electron chi connectivity index (χ3n) is 2.02. The smallest absolute Gasteiger partial charge is 0.294 e. The molecule has 1 heterocycles. The Morgan fingerprint density at radius 2 is 2.14 bits per heavy atom. The van der Waals surface area contributed by atoms with E-state index >= 15 is 0 Å². The Bertz CT molecular complexity index is 336. The maximum absolute atomic E-state index is 5.66. The van der Waals surface area contributed by atoms with Gasteiger partial charge in [0, 0.05) is 7.05 Å². The van der Waals surface area contributed by atoms with Crippen LogP contribution in [0.4, 0.5) is 0 Å². The summed E-state index contributed by atoms with van der Waals surface area (Å²) in [4.78, 5) is 6.06. The second kappa shape index (κ2) is 3.67. The summed E-state index contributed by atoms with van der Waals surface area (Å²) >= 11 is 0. The molecule has 4 heteroatoms. The molecule has 0 aliphatic carbocycles. The zero-order valence-corrected chi connectivity index (χ0v) is 8.05. The molecule has 4 nitrogen and oxygen atoms in total. The number of amidine groups is 1. The van der Waals surface area contributed by atoms with Gasteiger partial charge in [0.05, 0.1) is 6.54 Å². The SMILES string of the molecule is CN1CC(N)N=C1Oc1ccccc1. The summed E-state index contributed by atoms with van der Waals surface area (Å²) in [5.41, 5.74) is 5.66. The summed E-state index contributed by atoms with van der Waals surface area (Å²) in [6.07, 6.45) is -0.168. The van der Waals surface area contributed by atoms with Crippen LogP contribution in [0, 0.1) is 0 Å². The van der Waals surface area contributed by atoms with Crippen molar-refractivity contribution < 1.29 is 4.74 Å². The average molecular weight is 191 g/mol. The van der Waals surface area contributed by atoms with Crippen molar-refractivity contribution in [2.45, 2.75) is 6.17 Å². The van der Waals surface area contributed by atoms with Crippen LogP contribution in [-0.4, -0.2) is 30.7 Å². The predicted molar refractivity (Wildman–Crippen MR) is 55.1 cm³/mol. The van der Waals surface area contributed by atoms with Gasteiger partial charge >= 0.3 is 0 Å². The topological polar surface area (TPSA) is 50.8 Å². The molecule has 1 unspecified atom stereocenters. The van der Waals surface area contributed by atoms with E-state index in [2.05, 4.69) is 4.99 Å². The molecule has 0 radical (unpaired) electrons. The van der Waals surface area contributed by atoms with Crippen LogP contribution < -0.4 is 10.5 Å². The van der Waals surface area contributed by atoms with E-state index in [-0.39, 0.29) is 6.17 Å². The first-order chi connectivity index (χ1) is 6.75. The molecule has 14 heavy (non-hydrogen) atoms. The molecule has 0 spiro atoms. The van der Waals surface area contributed by atoms with Crippen LogP contribution in [0.15, 0.2) is 35.3 Å². The number of aliphatic imine (C=N–C) groups is 1. The minimum absolute atomic E-state index is 0.168. The predicted octanol–water partition coefficient (Wildman–Crippen LogP) is 0.652. The second-order valence-corrected chi connectivity index (χ2v) is 3.27. The molecule has 1 aliphatic rings. The lowest BCUT2D eigenvalue weighted by molar-refractivity contribution is 0.412. The van der Waals surface area contributed by atoms with Crippen molar-refractivity contribution in [2.24, 2.45) is 10.7 Å². The molecule has 74 valence electrons. The molecule has 0 saturated carbocycles. The standard InChI is InChI=1S/C10H13N3O/c1-13-7-9(11)12-10(13)14-8-5-3-2-4-6-8/h2-6,9H,7,11H2,1H3. The van der Waals surface area contributed by atoms with Crippen LogP contribution in [0.2, 0.25) is 0 Å². The number of nitrogens with zero attached hydrogens (tertiary/aromatic N) is 2. The van der Waals surface area contributed by atoms with E-state index in [1.54, 1.807) is 0 Å². The fourth-order valence-corrected chi connectivity index (χ4v) is 1.34. The van der Waals surface area contributed by atoms with E-state index in [1.165, 1.54) is 0 Å². The number of rotatable bonds is 1. The maximum Gasteiger partial charge on any atom is 0.294 e. The van der Waals surface area contributed by atoms with E-state index in [4.69, 9.17) is 10.5 Å². The van der Waals surface area contributed by atoms with Gasteiger partial charge < -0.3 is 15.4 Å². The van der Waals surface area contributed by atoms with Crippen molar-refractivity contribution in [1.82, 2.24) is 4.90 Å². The van der Waals surface area contributed by atoms with Crippen LogP contribution >= 0.6 is 0 Å². The van der Waals surface area contributed by atoms with Crippen LogP contribution in [0.25, 0.3) is 0 Å². The summed E-state index contributed by atoms with van der Waals surface area (Å²) in [6, 6.07) is 10.2. The number of hydrogen-bond donors (Lipinski definition) is 1. The molecule has 2 rings (SSSR count). The third-order valence-corrected chi connectivity index (χ3v) is 2.02. The van der Waals surface area contributed by atoms with Crippen LogP contribution in [0.1, 0.15) is 0 Å². The van der Waals surface area contributed by atoms with E-state index in [9.17, 15) is 0 Å². The van der Waals surface area contributed by atoms with Crippen LogP contribution in [0.5, 0.6) is 5.75 Å². The Morgan fingerprint density at radius 3 is 2.71 bits per heavy atom. The van der Waals surface area contributed by atoms with Crippen molar-refractivity contribution in [3.8, 4) is 5.75 Å². The number of likely N-dealkylation sites (N-methyl/N-ethyl adjacent to an activating group) is 1. The molecule has 1 aliphatic heterocycles. The molecular weight excluding hydrogens is 178 g/mol. The van der Waals surface area contributed by atoms with Crippen molar-refractivity contribution >= 4 is 6.02 Å². The zero-order valence-electron chi connectivity index (χ0n) is 8.05. The largest absolute Gasteiger partial charge is 0.426 e. The highest BCUT2D eigenvalue weighted by Gasteiger charge is 2.20. The lowest BCUT2D eigenvalue weighted by Crippen LogP contribution is -2.30. The highest BCUT2D eigenvalue weighted by atomic mass is 16.5. The lowest BCUT2D eigenvalue weighted by Gasteiger charge is -2.13. The molecule has 2 N–H and O–H groups in total. The van der Waals surface area contributed by atoms with E-state index in [0.29, 0.717) is 12.6 Å². The van der Waals surface area contributed by atoms with E-state index < -0.39 is 0 Å². The second-order valence-electron chi connectivity index (χ2n) is 3.27. The van der Waals surface area contributed by atoms with Gasteiger partial charge in [0.1, 0.15) is 11.9 Å². The Morgan fingerprint density at radius 1 is 1.43 bits per heavy atom. The van der Waals surface area contributed by atoms with E-state index in [1.807, 2.05) is 42.3 Å².